The van der Waals surface area contributed by atoms with Crippen molar-refractivity contribution in [1.82, 2.24) is 5.32 Å². The van der Waals surface area contributed by atoms with Crippen molar-refractivity contribution in [3.05, 3.63) is 56.8 Å². The van der Waals surface area contributed by atoms with Crippen LogP contribution in [0.25, 0.3) is 0 Å². The highest BCUT2D eigenvalue weighted by Gasteiger charge is 2.13. The average molecular weight is 417 g/mol. The second-order valence-electron chi connectivity index (χ2n) is 5.09. The van der Waals surface area contributed by atoms with E-state index in [4.69, 9.17) is 21.1 Å². The van der Waals surface area contributed by atoms with Gasteiger partial charge in [-0.25, -0.2) is 4.39 Å². The van der Waals surface area contributed by atoms with Gasteiger partial charge in [0.15, 0.2) is 11.5 Å². The Labute approximate surface area is 155 Å². The van der Waals surface area contributed by atoms with E-state index in [0.29, 0.717) is 28.7 Å². The second-order valence-corrected chi connectivity index (χ2v) is 6.35. The molecule has 6 heteroatoms. The van der Waals surface area contributed by atoms with Crippen molar-refractivity contribution in [1.29, 1.82) is 0 Å². The van der Waals surface area contributed by atoms with Crippen molar-refractivity contribution < 1.29 is 13.9 Å². The third kappa shape index (κ3) is 4.85. The largest absolute Gasteiger partial charge is 0.490 e. The van der Waals surface area contributed by atoms with Crippen molar-refractivity contribution in [2.24, 2.45) is 0 Å². The van der Waals surface area contributed by atoms with Gasteiger partial charge in [-0.1, -0.05) is 40.5 Å². The Morgan fingerprint density at radius 3 is 2.58 bits per heavy atom. The van der Waals surface area contributed by atoms with Crippen LogP contribution < -0.4 is 14.8 Å². The third-order valence-corrected chi connectivity index (χ3v) is 4.50. The van der Waals surface area contributed by atoms with Gasteiger partial charge in [0.2, 0.25) is 0 Å². The number of nitrogens with one attached hydrogen (secondary N) is 1. The van der Waals surface area contributed by atoms with E-state index in [1.807, 2.05) is 26.0 Å². The Morgan fingerprint density at radius 2 is 1.92 bits per heavy atom. The van der Waals surface area contributed by atoms with Crippen LogP contribution in [0.3, 0.4) is 0 Å². The lowest BCUT2D eigenvalue weighted by Crippen LogP contribution is -2.12. The summed E-state index contributed by atoms with van der Waals surface area (Å²) in [4.78, 5) is 0. The Kier molecular flexibility index (Phi) is 7.34. The zero-order valence-corrected chi connectivity index (χ0v) is 16.0. The maximum absolute atomic E-state index is 13.9. The van der Waals surface area contributed by atoms with Crippen molar-refractivity contribution >= 4 is 27.5 Å². The molecule has 0 unspecified atom stereocenters. The molecule has 0 aliphatic carbocycles. The van der Waals surface area contributed by atoms with Crippen LogP contribution in [0.4, 0.5) is 4.39 Å². The lowest BCUT2D eigenvalue weighted by atomic mass is 10.2. The number of benzene rings is 2. The minimum Gasteiger partial charge on any atom is -0.490 e. The molecule has 0 amide bonds. The Balaban J connectivity index is 2.23. The smallest absolute Gasteiger partial charge is 0.162 e. The monoisotopic (exact) mass is 415 g/mol. The molecule has 130 valence electrons. The van der Waals surface area contributed by atoms with E-state index in [1.165, 1.54) is 6.07 Å². The van der Waals surface area contributed by atoms with E-state index in [0.717, 1.165) is 23.1 Å². The SMILES string of the molecule is CCNCc1cc(OCC)c(OCc2c(F)cccc2Cl)cc1Br. The molecule has 24 heavy (non-hydrogen) atoms. The average Bonchev–Trinajstić information content (AvgIpc) is 2.55. The molecule has 3 nitrogen and oxygen atoms in total. The van der Waals surface area contributed by atoms with Gasteiger partial charge in [-0.3, -0.25) is 0 Å². The van der Waals surface area contributed by atoms with Crippen LogP contribution in [0.5, 0.6) is 11.5 Å². The highest BCUT2D eigenvalue weighted by atomic mass is 79.9. The summed E-state index contributed by atoms with van der Waals surface area (Å²) < 4.78 is 26.2. The molecule has 0 spiro atoms. The molecule has 0 saturated carbocycles. The molecule has 1 N–H and O–H groups in total. The number of halogens is 3. The summed E-state index contributed by atoms with van der Waals surface area (Å²) in [6, 6.07) is 8.34. The van der Waals surface area contributed by atoms with Crippen molar-refractivity contribution in [3.8, 4) is 11.5 Å². The minimum atomic E-state index is -0.386. The lowest BCUT2D eigenvalue weighted by molar-refractivity contribution is 0.265. The number of rotatable bonds is 8. The van der Waals surface area contributed by atoms with Crippen LogP contribution in [0, 0.1) is 5.82 Å². The number of hydrogen-bond acceptors (Lipinski definition) is 3. The molecule has 2 rings (SSSR count). The van der Waals surface area contributed by atoms with E-state index in [-0.39, 0.29) is 12.4 Å². The molecule has 0 aromatic heterocycles. The van der Waals surface area contributed by atoms with E-state index in [2.05, 4.69) is 21.2 Å². The van der Waals surface area contributed by atoms with Crippen LogP contribution in [-0.2, 0) is 13.2 Å². The third-order valence-electron chi connectivity index (χ3n) is 3.41. The molecular weight excluding hydrogens is 397 g/mol. The van der Waals surface area contributed by atoms with Gasteiger partial charge in [0.25, 0.3) is 0 Å². The fourth-order valence-corrected chi connectivity index (χ4v) is 2.85. The van der Waals surface area contributed by atoms with E-state index in [9.17, 15) is 4.39 Å². The van der Waals surface area contributed by atoms with Crippen LogP contribution in [0.2, 0.25) is 5.02 Å². The fraction of sp³-hybridized carbons (Fsp3) is 0.333. The molecule has 0 saturated heterocycles. The van der Waals surface area contributed by atoms with Gasteiger partial charge in [-0.2, -0.15) is 0 Å². The summed E-state index contributed by atoms with van der Waals surface area (Å²) in [7, 11) is 0. The second kappa shape index (κ2) is 9.25. The zero-order chi connectivity index (χ0) is 17.5. The summed E-state index contributed by atoms with van der Waals surface area (Å²) in [5, 5.41) is 3.62. The topological polar surface area (TPSA) is 30.5 Å². The molecular formula is C18H20BrClFNO2. The molecule has 0 heterocycles. The van der Waals surface area contributed by atoms with Crippen molar-refractivity contribution in [3.63, 3.8) is 0 Å². The van der Waals surface area contributed by atoms with E-state index >= 15 is 0 Å². The van der Waals surface area contributed by atoms with Gasteiger partial charge < -0.3 is 14.8 Å². The standard InChI is InChI=1S/C18H20BrClFNO2/c1-3-22-10-12-8-17(23-4-2)18(9-14(12)19)24-11-13-15(20)6-5-7-16(13)21/h5-9,22H,3-4,10-11H2,1-2H3. The molecule has 2 aromatic rings. The Hall–Kier alpha value is -1.30. The van der Waals surface area contributed by atoms with Crippen LogP contribution in [0.1, 0.15) is 25.0 Å². The number of hydrogen-bond donors (Lipinski definition) is 1. The van der Waals surface area contributed by atoms with Crippen molar-refractivity contribution in [2.75, 3.05) is 13.2 Å². The van der Waals surface area contributed by atoms with Crippen LogP contribution in [0.15, 0.2) is 34.8 Å². The number of ether oxygens (including phenoxy) is 2. The first-order valence-electron chi connectivity index (χ1n) is 7.78. The Morgan fingerprint density at radius 1 is 1.17 bits per heavy atom. The highest BCUT2D eigenvalue weighted by molar-refractivity contribution is 9.10. The molecule has 2 aromatic carbocycles. The predicted octanol–water partition coefficient (Wildman–Crippen LogP) is 5.33. The Bertz CT molecular complexity index is 677. The molecule has 0 bridgehead atoms. The van der Waals surface area contributed by atoms with Gasteiger partial charge in [0.1, 0.15) is 12.4 Å². The minimum absolute atomic E-state index is 0.0323. The van der Waals surface area contributed by atoms with Crippen LogP contribution >= 0.6 is 27.5 Å². The van der Waals surface area contributed by atoms with Gasteiger partial charge in [-0.05, 0) is 43.3 Å². The normalized spacial score (nSPS) is 10.7. The summed E-state index contributed by atoms with van der Waals surface area (Å²) in [6.45, 7) is 6.09. The first-order valence-corrected chi connectivity index (χ1v) is 8.95. The maximum Gasteiger partial charge on any atom is 0.162 e. The molecule has 0 aliphatic rings. The predicted molar refractivity (Wildman–Crippen MR) is 98.4 cm³/mol. The van der Waals surface area contributed by atoms with Gasteiger partial charge >= 0.3 is 0 Å². The first-order chi connectivity index (χ1) is 11.6. The molecule has 0 atom stereocenters. The summed E-state index contributed by atoms with van der Waals surface area (Å²) >= 11 is 9.58. The summed E-state index contributed by atoms with van der Waals surface area (Å²) in [5.41, 5.74) is 1.39. The van der Waals surface area contributed by atoms with Crippen LogP contribution in [-0.4, -0.2) is 13.2 Å². The first kappa shape index (κ1) is 19.0. The molecule has 0 aliphatic heterocycles. The molecule has 0 radical (unpaired) electrons. The quantitative estimate of drug-likeness (QED) is 0.631. The van der Waals surface area contributed by atoms with E-state index < -0.39 is 0 Å². The summed E-state index contributed by atoms with van der Waals surface area (Å²) in [5.74, 6) is 0.785. The van der Waals surface area contributed by atoms with Crippen molar-refractivity contribution in [2.45, 2.75) is 27.0 Å². The zero-order valence-electron chi connectivity index (χ0n) is 13.7. The van der Waals surface area contributed by atoms with Gasteiger partial charge in [0, 0.05) is 16.6 Å². The lowest BCUT2D eigenvalue weighted by Gasteiger charge is -2.16. The molecule has 0 fully saturated rings. The highest BCUT2D eigenvalue weighted by Crippen LogP contribution is 2.35. The van der Waals surface area contributed by atoms with E-state index in [1.54, 1.807) is 12.1 Å². The summed E-state index contributed by atoms with van der Waals surface area (Å²) in [6.07, 6.45) is 0. The maximum atomic E-state index is 13.9. The van der Waals surface area contributed by atoms with Gasteiger partial charge in [-0.15, -0.1) is 0 Å². The fourth-order valence-electron chi connectivity index (χ4n) is 2.17. The van der Waals surface area contributed by atoms with Gasteiger partial charge in [0.05, 0.1) is 11.6 Å².